The summed E-state index contributed by atoms with van der Waals surface area (Å²) in [5, 5.41) is 18.9. The van der Waals surface area contributed by atoms with Crippen molar-refractivity contribution in [1.29, 1.82) is 0 Å². The Morgan fingerprint density at radius 2 is 2.05 bits per heavy atom. The first-order valence-corrected chi connectivity index (χ1v) is 7.31. The number of aliphatic hydroxyl groups excluding tert-OH is 1. The van der Waals surface area contributed by atoms with Gasteiger partial charge in [0, 0.05) is 43.2 Å². The molecule has 2 heterocycles. The van der Waals surface area contributed by atoms with E-state index >= 15 is 0 Å². The van der Waals surface area contributed by atoms with Gasteiger partial charge >= 0.3 is 0 Å². The van der Waals surface area contributed by atoms with Crippen LogP contribution in [0.25, 0.3) is 0 Å². The minimum atomic E-state index is -0.453. The molecule has 5 heteroatoms. The zero-order valence-corrected chi connectivity index (χ0v) is 12.8. The van der Waals surface area contributed by atoms with Gasteiger partial charge in [-0.3, -0.25) is 9.36 Å². The Bertz CT molecular complexity index is 568. The first-order valence-electron chi connectivity index (χ1n) is 7.31. The van der Waals surface area contributed by atoms with Gasteiger partial charge in [0.15, 0.2) is 0 Å². The predicted molar refractivity (Wildman–Crippen MR) is 78.5 cm³/mol. The van der Waals surface area contributed by atoms with E-state index in [2.05, 4.69) is 24.0 Å². The van der Waals surface area contributed by atoms with Crippen LogP contribution in [0.5, 0.6) is 0 Å². The SMILES string of the molecule is CCc1nn(CCc2ccnn2C)c(CC)c1C(C)O. The van der Waals surface area contributed by atoms with Crippen molar-refractivity contribution in [2.45, 2.75) is 52.7 Å². The Morgan fingerprint density at radius 3 is 2.55 bits per heavy atom. The molecule has 0 bridgehead atoms. The third-order valence-corrected chi connectivity index (χ3v) is 3.76. The van der Waals surface area contributed by atoms with Crippen LogP contribution >= 0.6 is 0 Å². The van der Waals surface area contributed by atoms with Crippen LogP contribution in [0.2, 0.25) is 0 Å². The number of aliphatic hydroxyl groups is 1. The van der Waals surface area contributed by atoms with E-state index in [1.807, 2.05) is 35.6 Å². The van der Waals surface area contributed by atoms with Crippen molar-refractivity contribution in [3.8, 4) is 0 Å². The van der Waals surface area contributed by atoms with Crippen LogP contribution in [0, 0.1) is 0 Å². The van der Waals surface area contributed by atoms with E-state index < -0.39 is 6.10 Å². The Hall–Kier alpha value is -1.62. The highest BCUT2D eigenvalue weighted by Crippen LogP contribution is 2.23. The summed E-state index contributed by atoms with van der Waals surface area (Å²) in [6.07, 6.45) is 4.00. The van der Waals surface area contributed by atoms with Crippen molar-refractivity contribution >= 4 is 0 Å². The zero-order chi connectivity index (χ0) is 14.7. The van der Waals surface area contributed by atoms with Gasteiger partial charge in [0.05, 0.1) is 11.8 Å². The Labute approximate surface area is 120 Å². The summed E-state index contributed by atoms with van der Waals surface area (Å²) in [5.41, 5.74) is 4.38. The molecule has 2 aromatic heterocycles. The average Bonchev–Trinajstić information content (AvgIpc) is 2.99. The Balaban J connectivity index is 2.25. The molecule has 2 rings (SSSR count). The van der Waals surface area contributed by atoms with E-state index in [1.54, 1.807) is 0 Å². The average molecular weight is 276 g/mol. The Morgan fingerprint density at radius 1 is 1.30 bits per heavy atom. The van der Waals surface area contributed by atoms with E-state index in [0.717, 1.165) is 42.8 Å². The van der Waals surface area contributed by atoms with Crippen LogP contribution in [-0.2, 0) is 32.9 Å². The highest BCUT2D eigenvalue weighted by Gasteiger charge is 2.19. The Kier molecular flexibility index (Phi) is 4.60. The molecule has 0 fully saturated rings. The first-order chi connectivity index (χ1) is 9.58. The van der Waals surface area contributed by atoms with Crippen LogP contribution in [0.3, 0.4) is 0 Å². The second kappa shape index (κ2) is 6.22. The molecule has 1 unspecified atom stereocenters. The van der Waals surface area contributed by atoms with E-state index in [4.69, 9.17) is 0 Å². The van der Waals surface area contributed by atoms with Crippen molar-refractivity contribution in [1.82, 2.24) is 19.6 Å². The number of nitrogens with zero attached hydrogens (tertiary/aromatic N) is 4. The minimum absolute atomic E-state index is 0.453. The molecule has 2 aromatic rings. The van der Waals surface area contributed by atoms with Gasteiger partial charge < -0.3 is 5.11 Å². The van der Waals surface area contributed by atoms with Gasteiger partial charge in [0.2, 0.25) is 0 Å². The number of aryl methyl sites for hydroxylation is 4. The maximum absolute atomic E-state index is 9.99. The monoisotopic (exact) mass is 276 g/mol. The minimum Gasteiger partial charge on any atom is -0.389 e. The topological polar surface area (TPSA) is 55.9 Å². The number of aromatic nitrogens is 4. The lowest BCUT2D eigenvalue weighted by Crippen LogP contribution is -2.10. The second-order valence-corrected chi connectivity index (χ2v) is 5.11. The lowest BCUT2D eigenvalue weighted by Gasteiger charge is -2.10. The third-order valence-electron chi connectivity index (χ3n) is 3.76. The molecule has 0 saturated carbocycles. The second-order valence-electron chi connectivity index (χ2n) is 5.11. The largest absolute Gasteiger partial charge is 0.389 e. The summed E-state index contributed by atoms with van der Waals surface area (Å²) < 4.78 is 3.94. The predicted octanol–water partition coefficient (Wildman–Crippen LogP) is 2.04. The fraction of sp³-hybridized carbons (Fsp3) is 0.600. The zero-order valence-electron chi connectivity index (χ0n) is 12.8. The van der Waals surface area contributed by atoms with E-state index in [0.29, 0.717) is 0 Å². The van der Waals surface area contributed by atoms with Gasteiger partial charge in [-0.15, -0.1) is 0 Å². The number of hydrogen-bond acceptors (Lipinski definition) is 3. The molecule has 0 saturated heterocycles. The van der Waals surface area contributed by atoms with Crippen molar-refractivity contribution in [2.24, 2.45) is 7.05 Å². The van der Waals surface area contributed by atoms with Crippen molar-refractivity contribution in [2.75, 3.05) is 0 Å². The molecular formula is C15H24N4O. The van der Waals surface area contributed by atoms with Crippen molar-refractivity contribution < 1.29 is 5.11 Å². The quantitative estimate of drug-likeness (QED) is 0.878. The van der Waals surface area contributed by atoms with Crippen LogP contribution in [0.1, 0.15) is 49.5 Å². The van der Waals surface area contributed by atoms with Crippen molar-refractivity contribution in [3.05, 3.63) is 34.9 Å². The molecule has 0 aliphatic heterocycles. The maximum Gasteiger partial charge on any atom is 0.0798 e. The molecule has 0 amide bonds. The van der Waals surface area contributed by atoms with E-state index in [-0.39, 0.29) is 0 Å². The van der Waals surface area contributed by atoms with Gasteiger partial charge in [0.1, 0.15) is 0 Å². The molecule has 110 valence electrons. The van der Waals surface area contributed by atoms with E-state index in [1.165, 1.54) is 5.69 Å². The molecule has 5 nitrogen and oxygen atoms in total. The summed E-state index contributed by atoms with van der Waals surface area (Å²) in [7, 11) is 1.96. The summed E-state index contributed by atoms with van der Waals surface area (Å²) in [6.45, 7) is 6.84. The highest BCUT2D eigenvalue weighted by atomic mass is 16.3. The molecular weight excluding hydrogens is 252 g/mol. The van der Waals surface area contributed by atoms with Gasteiger partial charge in [-0.25, -0.2) is 0 Å². The lowest BCUT2D eigenvalue weighted by molar-refractivity contribution is 0.197. The van der Waals surface area contributed by atoms with E-state index in [9.17, 15) is 5.11 Å². The summed E-state index contributed by atoms with van der Waals surface area (Å²) in [4.78, 5) is 0. The van der Waals surface area contributed by atoms with Crippen LogP contribution in [0.4, 0.5) is 0 Å². The smallest absolute Gasteiger partial charge is 0.0798 e. The highest BCUT2D eigenvalue weighted by molar-refractivity contribution is 5.29. The molecule has 1 atom stereocenters. The molecule has 0 aliphatic carbocycles. The summed E-state index contributed by atoms with van der Waals surface area (Å²) in [5.74, 6) is 0. The summed E-state index contributed by atoms with van der Waals surface area (Å²) >= 11 is 0. The van der Waals surface area contributed by atoms with Crippen LogP contribution in [0.15, 0.2) is 12.3 Å². The molecule has 20 heavy (non-hydrogen) atoms. The fourth-order valence-corrected chi connectivity index (χ4v) is 2.73. The lowest BCUT2D eigenvalue weighted by atomic mass is 10.0. The fourth-order valence-electron chi connectivity index (χ4n) is 2.73. The standard InChI is InChI=1S/C15H24N4O/c1-5-13-15(11(3)20)14(6-2)19(17-13)10-8-12-7-9-16-18(12)4/h7,9,11,20H,5-6,8,10H2,1-4H3. The normalized spacial score (nSPS) is 12.8. The van der Waals surface area contributed by atoms with Crippen LogP contribution < -0.4 is 0 Å². The molecule has 0 spiro atoms. The number of rotatable bonds is 6. The first kappa shape index (κ1) is 14.8. The van der Waals surface area contributed by atoms with Crippen molar-refractivity contribution in [3.63, 3.8) is 0 Å². The summed E-state index contributed by atoms with van der Waals surface area (Å²) in [6, 6.07) is 2.03. The van der Waals surface area contributed by atoms with Gasteiger partial charge in [0.25, 0.3) is 0 Å². The van der Waals surface area contributed by atoms with Gasteiger partial charge in [-0.1, -0.05) is 13.8 Å². The molecule has 1 N–H and O–H groups in total. The van der Waals surface area contributed by atoms with Gasteiger partial charge in [-0.05, 0) is 25.8 Å². The maximum atomic E-state index is 9.99. The molecule has 0 radical (unpaired) electrons. The van der Waals surface area contributed by atoms with Crippen LogP contribution in [-0.4, -0.2) is 24.7 Å². The third kappa shape index (κ3) is 2.77. The number of hydrogen-bond donors (Lipinski definition) is 1. The molecule has 0 aromatic carbocycles. The molecule has 0 aliphatic rings. The van der Waals surface area contributed by atoms with Gasteiger partial charge in [-0.2, -0.15) is 10.2 Å².